The van der Waals surface area contributed by atoms with Crippen molar-refractivity contribution < 1.29 is 24.1 Å². The Bertz CT molecular complexity index is 1190. The number of benzene rings is 2. The first-order valence-corrected chi connectivity index (χ1v) is 11.9. The maximum atomic E-state index is 11.1. The molecule has 0 atom stereocenters. The Morgan fingerprint density at radius 3 is 2.82 bits per heavy atom. The highest BCUT2D eigenvalue weighted by atomic mass is 32.2. The van der Waals surface area contributed by atoms with Crippen LogP contribution < -0.4 is 20.1 Å². The van der Waals surface area contributed by atoms with Gasteiger partial charge in [-0.25, -0.2) is 9.78 Å². The van der Waals surface area contributed by atoms with E-state index in [0.717, 1.165) is 36.6 Å². The zero-order chi connectivity index (χ0) is 23.0. The Balaban J connectivity index is 1.34. The molecule has 1 aromatic heterocycles. The quantitative estimate of drug-likeness (QED) is 0.382. The number of rotatable bonds is 9. The van der Waals surface area contributed by atoms with Crippen LogP contribution >= 0.6 is 23.1 Å². The zero-order valence-electron chi connectivity index (χ0n) is 17.9. The first-order valence-electron chi connectivity index (χ1n) is 10.2. The van der Waals surface area contributed by atoms with E-state index in [0.29, 0.717) is 5.75 Å². The number of carbonyl (C=O) groups is 1. The summed E-state index contributed by atoms with van der Waals surface area (Å²) in [5.41, 5.74) is 1.93. The van der Waals surface area contributed by atoms with E-state index < -0.39 is 6.09 Å². The number of hydrogen-bond acceptors (Lipinski definition) is 9. The van der Waals surface area contributed by atoms with E-state index in [1.807, 2.05) is 54.6 Å². The SMILES string of the molecule is CNC(=O)OCCOc1ccc2nc(C=CC=C3Nc4ccc(OCCO)cc4S3)sc2c1. The maximum absolute atomic E-state index is 11.1. The van der Waals surface area contributed by atoms with Crippen molar-refractivity contribution in [2.24, 2.45) is 0 Å². The number of thioether (sulfide) groups is 1. The molecular weight excluding hydrogens is 462 g/mol. The molecule has 0 saturated heterocycles. The topological polar surface area (TPSA) is 102 Å². The van der Waals surface area contributed by atoms with Gasteiger partial charge in [0.15, 0.2) is 0 Å². The van der Waals surface area contributed by atoms with E-state index in [1.54, 1.807) is 23.1 Å². The van der Waals surface area contributed by atoms with E-state index in [4.69, 9.17) is 19.3 Å². The molecule has 10 heteroatoms. The fraction of sp³-hybridized carbons (Fsp3) is 0.217. The summed E-state index contributed by atoms with van der Waals surface area (Å²) in [4.78, 5) is 16.8. The highest BCUT2D eigenvalue weighted by Gasteiger charge is 2.16. The summed E-state index contributed by atoms with van der Waals surface area (Å²) in [6.07, 6.45) is 5.47. The van der Waals surface area contributed by atoms with Crippen LogP contribution in [0.4, 0.5) is 10.5 Å². The molecule has 2 aromatic carbocycles. The summed E-state index contributed by atoms with van der Waals surface area (Å²) >= 11 is 3.20. The molecule has 4 rings (SSSR count). The van der Waals surface area contributed by atoms with Crippen LogP contribution in [0, 0.1) is 0 Å². The third-order valence-electron chi connectivity index (χ3n) is 4.44. The number of carbonyl (C=O) groups excluding carboxylic acids is 1. The third kappa shape index (κ3) is 6.19. The number of hydrogen-bond donors (Lipinski definition) is 3. The second-order valence-corrected chi connectivity index (χ2v) is 8.91. The normalized spacial score (nSPS) is 13.8. The summed E-state index contributed by atoms with van der Waals surface area (Å²) in [6.45, 7) is 0.729. The van der Waals surface area contributed by atoms with Gasteiger partial charge in [0, 0.05) is 11.9 Å². The minimum atomic E-state index is -0.477. The molecule has 33 heavy (non-hydrogen) atoms. The Kier molecular flexibility index (Phi) is 7.71. The molecule has 0 fully saturated rings. The van der Waals surface area contributed by atoms with Crippen molar-refractivity contribution in [3.63, 3.8) is 0 Å². The smallest absolute Gasteiger partial charge is 0.406 e. The Morgan fingerprint density at radius 1 is 1.15 bits per heavy atom. The van der Waals surface area contributed by atoms with Crippen LogP contribution in [0.15, 0.2) is 58.5 Å². The Hall–Kier alpha value is -3.21. The molecule has 0 spiro atoms. The number of amides is 1. The van der Waals surface area contributed by atoms with Gasteiger partial charge in [-0.3, -0.25) is 0 Å². The summed E-state index contributed by atoms with van der Waals surface area (Å²) in [5.74, 6) is 1.45. The van der Waals surface area contributed by atoms with Crippen LogP contribution in [0.5, 0.6) is 11.5 Å². The van der Waals surface area contributed by atoms with Gasteiger partial charge < -0.3 is 30.0 Å². The fourth-order valence-corrected chi connectivity index (χ4v) is 4.82. The summed E-state index contributed by atoms with van der Waals surface area (Å²) < 4.78 is 17.0. The zero-order valence-corrected chi connectivity index (χ0v) is 19.5. The summed E-state index contributed by atoms with van der Waals surface area (Å²) in [6, 6.07) is 11.5. The van der Waals surface area contributed by atoms with Gasteiger partial charge >= 0.3 is 6.09 Å². The molecule has 172 valence electrons. The number of allylic oxidation sites excluding steroid dienone is 2. The van der Waals surface area contributed by atoms with Crippen molar-refractivity contribution in [2.45, 2.75) is 4.90 Å². The molecule has 0 bridgehead atoms. The standard InChI is InChI=1S/C23H23N3O5S2/c1-24-23(28)31-12-11-30-16-6-8-18-20(14-16)33-22(26-18)4-2-3-21-25-17-7-5-15(29-10-9-27)13-19(17)32-21/h2-8,13-14,25,27H,9-12H2,1H3,(H,24,28). The maximum Gasteiger partial charge on any atom is 0.406 e. The van der Waals surface area contributed by atoms with E-state index >= 15 is 0 Å². The molecule has 1 amide bonds. The lowest BCUT2D eigenvalue weighted by atomic mass is 10.3. The van der Waals surface area contributed by atoms with Gasteiger partial charge in [-0.1, -0.05) is 17.8 Å². The van der Waals surface area contributed by atoms with Crippen LogP contribution in [0.1, 0.15) is 5.01 Å². The molecule has 1 aliphatic rings. The predicted octanol–water partition coefficient (Wildman–Crippen LogP) is 4.47. The molecule has 1 aliphatic heterocycles. The van der Waals surface area contributed by atoms with Crippen molar-refractivity contribution in [2.75, 3.05) is 38.8 Å². The molecule has 0 unspecified atom stereocenters. The number of alkyl carbamates (subject to hydrolysis) is 1. The van der Waals surface area contributed by atoms with Crippen molar-refractivity contribution >= 4 is 51.2 Å². The van der Waals surface area contributed by atoms with Gasteiger partial charge in [0.1, 0.15) is 36.3 Å². The number of aromatic nitrogens is 1. The predicted molar refractivity (Wildman–Crippen MR) is 131 cm³/mol. The molecule has 0 radical (unpaired) electrons. The highest BCUT2D eigenvalue weighted by Crippen LogP contribution is 2.42. The van der Waals surface area contributed by atoms with Gasteiger partial charge in [-0.05, 0) is 48.6 Å². The third-order valence-corrected chi connectivity index (χ3v) is 6.44. The number of aliphatic hydroxyl groups excluding tert-OH is 1. The molecule has 3 aromatic rings. The number of fused-ring (bicyclic) bond motifs is 2. The van der Waals surface area contributed by atoms with Gasteiger partial charge in [0.05, 0.1) is 27.5 Å². The number of nitrogens with one attached hydrogen (secondary N) is 2. The average Bonchev–Trinajstić information content (AvgIpc) is 3.42. The molecular formula is C23H23N3O5S2. The van der Waals surface area contributed by atoms with Crippen LogP contribution in [0.2, 0.25) is 0 Å². The van der Waals surface area contributed by atoms with Crippen molar-refractivity contribution in [1.82, 2.24) is 10.3 Å². The van der Waals surface area contributed by atoms with Crippen LogP contribution in [0.25, 0.3) is 16.3 Å². The molecule has 8 nitrogen and oxygen atoms in total. The van der Waals surface area contributed by atoms with Gasteiger partial charge in [-0.2, -0.15) is 0 Å². The highest BCUT2D eigenvalue weighted by molar-refractivity contribution is 8.03. The van der Waals surface area contributed by atoms with E-state index in [9.17, 15) is 4.79 Å². The lowest BCUT2D eigenvalue weighted by Crippen LogP contribution is -2.21. The molecule has 3 N–H and O–H groups in total. The number of ether oxygens (including phenoxy) is 3. The lowest BCUT2D eigenvalue weighted by molar-refractivity contribution is 0.127. The number of aliphatic hydroxyl groups is 1. The largest absolute Gasteiger partial charge is 0.491 e. The van der Waals surface area contributed by atoms with E-state index in [1.165, 1.54) is 7.05 Å². The Morgan fingerprint density at radius 2 is 1.97 bits per heavy atom. The molecule has 0 aliphatic carbocycles. The number of nitrogens with zero attached hydrogens (tertiary/aromatic N) is 1. The fourth-order valence-electron chi connectivity index (χ4n) is 2.96. The van der Waals surface area contributed by atoms with Gasteiger partial charge in [0.2, 0.25) is 0 Å². The van der Waals surface area contributed by atoms with Crippen molar-refractivity contribution in [3.05, 3.63) is 58.6 Å². The van der Waals surface area contributed by atoms with Crippen molar-refractivity contribution in [3.8, 4) is 11.5 Å². The monoisotopic (exact) mass is 485 g/mol. The van der Waals surface area contributed by atoms with Crippen LogP contribution in [0.3, 0.4) is 0 Å². The minimum absolute atomic E-state index is 0.00732. The number of anilines is 1. The van der Waals surface area contributed by atoms with Gasteiger partial charge in [0.25, 0.3) is 0 Å². The van der Waals surface area contributed by atoms with Crippen LogP contribution in [-0.2, 0) is 4.74 Å². The first-order chi connectivity index (χ1) is 16.1. The number of thiazole rings is 1. The summed E-state index contributed by atoms with van der Waals surface area (Å²) in [5, 5.41) is 16.6. The average molecular weight is 486 g/mol. The summed E-state index contributed by atoms with van der Waals surface area (Å²) in [7, 11) is 1.51. The second-order valence-electron chi connectivity index (χ2n) is 6.76. The Labute approximate surface area is 199 Å². The first kappa shape index (κ1) is 23.0. The van der Waals surface area contributed by atoms with Crippen LogP contribution in [-0.4, -0.2) is 49.7 Å². The molecule has 0 saturated carbocycles. The van der Waals surface area contributed by atoms with Crippen molar-refractivity contribution in [1.29, 1.82) is 0 Å². The lowest BCUT2D eigenvalue weighted by Gasteiger charge is -2.06. The van der Waals surface area contributed by atoms with E-state index in [2.05, 4.69) is 15.6 Å². The minimum Gasteiger partial charge on any atom is -0.491 e. The second kappa shape index (κ2) is 11.1. The van der Waals surface area contributed by atoms with Gasteiger partial charge in [-0.15, -0.1) is 11.3 Å². The molecule has 2 heterocycles. The van der Waals surface area contributed by atoms with E-state index in [-0.39, 0.29) is 26.4 Å².